The average Bonchev–Trinajstić information content (AvgIpc) is 2.69. The molecule has 6 nitrogen and oxygen atoms in total. The Kier molecular flexibility index (Phi) is 6.40. The van der Waals surface area contributed by atoms with E-state index in [1.165, 1.54) is 19.3 Å². The molecule has 0 radical (unpaired) electrons. The van der Waals surface area contributed by atoms with E-state index in [2.05, 4.69) is 35.6 Å². The van der Waals surface area contributed by atoms with Crippen molar-refractivity contribution in [2.45, 2.75) is 72.3 Å². The first kappa shape index (κ1) is 22.6. The number of hydrogen-bond donors (Lipinski definition) is 1. The lowest BCUT2D eigenvalue weighted by molar-refractivity contribution is -0.136. The third-order valence-corrected chi connectivity index (χ3v) is 7.29. The maximum Gasteiger partial charge on any atom is 0.307 e. The molecule has 4 rings (SSSR count). The SMILES string of the molecule is Cc1ncc(-c2ccc(OC(C)C3CCC3)nc2)c(N2CCC(C)(C)CC2)c1CC(=O)O. The van der Waals surface area contributed by atoms with Gasteiger partial charge in [-0.15, -0.1) is 0 Å². The van der Waals surface area contributed by atoms with Crippen molar-refractivity contribution in [3.63, 3.8) is 0 Å². The smallest absolute Gasteiger partial charge is 0.307 e. The van der Waals surface area contributed by atoms with Crippen LogP contribution in [0.15, 0.2) is 24.5 Å². The number of rotatable bonds is 7. The summed E-state index contributed by atoms with van der Waals surface area (Å²) in [4.78, 5) is 23.1. The predicted octanol–water partition coefficient (Wildman–Crippen LogP) is 5.27. The third-order valence-electron chi connectivity index (χ3n) is 7.29. The summed E-state index contributed by atoms with van der Waals surface area (Å²) in [5.74, 6) is 0.434. The maximum atomic E-state index is 11.7. The Hall–Kier alpha value is -2.63. The van der Waals surface area contributed by atoms with Crippen LogP contribution in [0.4, 0.5) is 5.69 Å². The minimum absolute atomic E-state index is 0.0323. The van der Waals surface area contributed by atoms with Crippen LogP contribution in [0.5, 0.6) is 5.88 Å². The van der Waals surface area contributed by atoms with Gasteiger partial charge in [0.2, 0.25) is 5.88 Å². The summed E-state index contributed by atoms with van der Waals surface area (Å²) in [5.41, 5.74) is 4.76. The number of carbonyl (C=O) groups is 1. The first-order valence-corrected chi connectivity index (χ1v) is 11.8. The number of hydrogen-bond acceptors (Lipinski definition) is 5. The number of nitrogens with zero attached hydrogens (tertiary/aromatic N) is 3. The highest BCUT2D eigenvalue weighted by atomic mass is 16.5. The number of carboxylic acid groups (broad SMARTS) is 1. The lowest BCUT2D eigenvalue weighted by atomic mass is 9.82. The Morgan fingerprint density at radius 2 is 1.94 bits per heavy atom. The lowest BCUT2D eigenvalue weighted by Gasteiger charge is -2.40. The fourth-order valence-corrected chi connectivity index (χ4v) is 4.71. The van der Waals surface area contributed by atoms with Gasteiger partial charge in [0, 0.05) is 53.9 Å². The molecule has 1 atom stereocenters. The molecule has 1 N–H and O–H groups in total. The van der Waals surface area contributed by atoms with Gasteiger partial charge in [0.25, 0.3) is 0 Å². The van der Waals surface area contributed by atoms with Crippen LogP contribution in [0.2, 0.25) is 0 Å². The molecule has 0 amide bonds. The van der Waals surface area contributed by atoms with E-state index in [0.29, 0.717) is 17.2 Å². The quantitative estimate of drug-likeness (QED) is 0.636. The number of pyridine rings is 2. The van der Waals surface area contributed by atoms with Crippen LogP contribution < -0.4 is 9.64 Å². The number of aryl methyl sites for hydroxylation is 1. The molecule has 2 aromatic rings. The summed E-state index contributed by atoms with van der Waals surface area (Å²) in [5, 5.41) is 9.57. The van der Waals surface area contributed by atoms with Crippen molar-refractivity contribution in [2.75, 3.05) is 18.0 Å². The van der Waals surface area contributed by atoms with Gasteiger partial charge < -0.3 is 14.7 Å². The van der Waals surface area contributed by atoms with E-state index in [0.717, 1.165) is 54.0 Å². The van der Waals surface area contributed by atoms with Gasteiger partial charge in [0.15, 0.2) is 0 Å². The molecule has 0 bridgehead atoms. The van der Waals surface area contributed by atoms with Gasteiger partial charge in [-0.3, -0.25) is 9.78 Å². The van der Waals surface area contributed by atoms with Crippen LogP contribution in [0.1, 0.15) is 64.1 Å². The van der Waals surface area contributed by atoms with Crippen molar-refractivity contribution in [3.8, 4) is 17.0 Å². The second-order valence-corrected chi connectivity index (χ2v) is 10.2. The van der Waals surface area contributed by atoms with Crippen molar-refractivity contribution in [3.05, 3.63) is 35.8 Å². The first-order chi connectivity index (χ1) is 15.2. The Labute approximate surface area is 191 Å². The fraction of sp³-hybridized carbons (Fsp3) is 0.577. The Bertz CT molecular complexity index is 957. The summed E-state index contributed by atoms with van der Waals surface area (Å²) in [6.07, 6.45) is 9.75. The van der Waals surface area contributed by atoms with Gasteiger partial charge in [-0.1, -0.05) is 20.3 Å². The minimum Gasteiger partial charge on any atom is -0.481 e. The Morgan fingerprint density at radius 3 is 2.50 bits per heavy atom. The van der Waals surface area contributed by atoms with E-state index in [1.807, 2.05) is 31.5 Å². The topological polar surface area (TPSA) is 75.6 Å². The number of aliphatic carboxylic acids is 1. The number of aromatic nitrogens is 2. The van der Waals surface area contributed by atoms with Gasteiger partial charge in [-0.2, -0.15) is 0 Å². The van der Waals surface area contributed by atoms with E-state index < -0.39 is 5.97 Å². The van der Waals surface area contributed by atoms with Crippen molar-refractivity contribution in [1.82, 2.24) is 9.97 Å². The zero-order chi connectivity index (χ0) is 22.9. The summed E-state index contributed by atoms with van der Waals surface area (Å²) in [6.45, 7) is 10.4. The van der Waals surface area contributed by atoms with Crippen LogP contribution >= 0.6 is 0 Å². The summed E-state index contributed by atoms with van der Waals surface area (Å²) >= 11 is 0. The lowest BCUT2D eigenvalue weighted by Crippen LogP contribution is -2.38. The molecule has 0 aromatic carbocycles. The van der Waals surface area contributed by atoms with E-state index in [-0.39, 0.29) is 12.5 Å². The highest BCUT2D eigenvalue weighted by Gasteiger charge is 2.29. The van der Waals surface area contributed by atoms with E-state index >= 15 is 0 Å². The molecule has 3 heterocycles. The van der Waals surface area contributed by atoms with Gasteiger partial charge in [-0.25, -0.2) is 4.98 Å². The van der Waals surface area contributed by atoms with Crippen LogP contribution in [-0.4, -0.2) is 40.2 Å². The molecule has 172 valence electrons. The molecule has 1 aliphatic carbocycles. The number of piperidine rings is 1. The van der Waals surface area contributed by atoms with Crippen molar-refractivity contribution in [1.29, 1.82) is 0 Å². The molecule has 2 fully saturated rings. The number of anilines is 1. The molecule has 6 heteroatoms. The van der Waals surface area contributed by atoms with Crippen LogP contribution in [-0.2, 0) is 11.2 Å². The predicted molar refractivity (Wildman–Crippen MR) is 126 cm³/mol. The largest absolute Gasteiger partial charge is 0.481 e. The van der Waals surface area contributed by atoms with Crippen molar-refractivity contribution in [2.24, 2.45) is 11.3 Å². The molecule has 1 aliphatic heterocycles. The van der Waals surface area contributed by atoms with Crippen molar-refractivity contribution >= 4 is 11.7 Å². The summed E-state index contributed by atoms with van der Waals surface area (Å²) in [6, 6.07) is 3.94. The van der Waals surface area contributed by atoms with Crippen LogP contribution in [0, 0.1) is 18.3 Å². The Balaban J connectivity index is 1.66. The Morgan fingerprint density at radius 1 is 1.22 bits per heavy atom. The maximum absolute atomic E-state index is 11.7. The highest BCUT2D eigenvalue weighted by Crippen LogP contribution is 2.40. The third kappa shape index (κ3) is 4.89. The normalized spacial score (nSPS) is 19.3. The first-order valence-electron chi connectivity index (χ1n) is 11.8. The second-order valence-electron chi connectivity index (χ2n) is 10.2. The molecule has 2 aromatic heterocycles. The molecular weight excluding hydrogens is 402 g/mol. The number of ether oxygens (including phenoxy) is 1. The van der Waals surface area contributed by atoms with E-state index in [9.17, 15) is 9.90 Å². The van der Waals surface area contributed by atoms with Crippen molar-refractivity contribution < 1.29 is 14.6 Å². The summed E-state index contributed by atoms with van der Waals surface area (Å²) < 4.78 is 6.06. The van der Waals surface area contributed by atoms with Crippen LogP contribution in [0.3, 0.4) is 0 Å². The molecular formula is C26H35N3O3. The van der Waals surface area contributed by atoms with Gasteiger partial charge in [0.05, 0.1) is 12.1 Å². The molecule has 2 aliphatic rings. The van der Waals surface area contributed by atoms with Gasteiger partial charge in [-0.05, 0) is 56.9 Å². The standard InChI is InChI=1S/C26H35N3O3/c1-17-21(14-24(30)31)25(29-12-10-26(3,4)11-13-29)22(16-27-17)20-8-9-23(28-15-20)32-18(2)19-6-5-7-19/h8-9,15-16,18-19H,5-7,10-14H2,1-4H3,(H,30,31). The zero-order valence-electron chi connectivity index (χ0n) is 19.7. The van der Waals surface area contributed by atoms with Crippen LogP contribution in [0.25, 0.3) is 11.1 Å². The molecule has 0 spiro atoms. The van der Waals surface area contributed by atoms with Gasteiger partial charge >= 0.3 is 5.97 Å². The molecule has 32 heavy (non-hydrogen) atoms. The zero-order valence-corrected chi connectivity index (χ0v) is 19.7. The van der Waals surface area contributed by atoms with E-state index in [1.54, 1.807) is 0 Å². The second kappa shape index (κ2) is 9.08. The number of carboxylic acids is 1. The molecule has 1 saturated heterocycles. The molecule has 1 saturated carbocycles. The van der Waals surface area contributed by atoms with Gasteiger partial charge in [0.1, 0.15) is 6.10 Å². The molecule has 1 unspecified atom stereocenters. The monoisotopic (exact) mass is 437 g/mol. The fourth-order valence-electron chi connectivity index (χ4n) is 4.71. The summed E-state index contributed by atoms with van der Waals surface area (Å²) in [7, 11) is 0. The minimum atomic E-state index is -0.836. The highest BCUT2D eigenvalue weighted by molar-refractivity contribution is 5.84. The average molecular weight is 438 g/mol. The van der Waals surface area contributed by atoms with E-state index in [4.69, 9.17) is 4.74 Å².